The van der Waals surface area contributed by atoms with Gasteiger partial charge in [-0.15, -0.1) is 11.3 Å². The van der Waals surface area contributed by atoms with Crippen LogP contribution in [0.1, 0.15) is 44.6 Å². The lowest BCUT2D eigenvalue weighted by atomic mass is 9.66. The summed E-state index contributed by atoms with van der Waals surface area (Å²) >= 11 is 1.83. The van der Waals surface area contributed by atoms with Gasteiger partial charge in [0.2, 0.25) is 0 Å². The van der Waals surface area contributed by atoms with Gasteiger partial charge in [-0.1, -0.05) is 27.7 Å². The Balaban J connectivity index is 2.54. The molecule has 0 radical (unpaired) electrons. The molecule has 0 fully saturated rings. The Kier molecular flexibility index (Phi) is 1.97. The first-order valence-corrected chi connectivity index (χ1v) is 6.06. The van der Waals surface area contributed by atoms with Gasteiger partial charge in [0.05, 0.1) is 0 Å². The van der Waals surface area contributed by atoms with Crippen LogP contribution >= 0.6 is 11.3 Å². The number of rotatable bonds is 0. The van der Waals surface area contributed by atoms with E-state index < -0.39 is 0 Å². The average Bonchev–Trinajstić information content (AvgIpc) is 2.28. The molecule has 0 amide bonds. The zero-order chi connectivity index (χ0) is 10.6. The van der Waals surface area contributed by atoms with Gasteiger partial charge in [0.1, 0.15) is 0 Å². The van der Waals surface area contributed by atoms with Gasteiger partial charge in [0, 0.05) is 15.9 Å². The predicted octanol–water partition coefficient (Wildman–Crippen LogP) is 3.58. The van der Waals surface area contributed by atoms with Crippen molar-refractivity contribution >= 4 is 17.0 Å². The van der Waals surface area contributed by atoms with Crippen molar-refractivity contribution in [1.82, 2.24) is 0 Å². The van der Waals surface area contributed by atoms with Gasteiger partial charge >= 0.3 is 0 Å². The molecule has 1 aromatic rings. The molecule has 78 valence electrons. The molecule has 1 aromatic heterocycles. The Bertz CT molecular complexity index is 360. The molecule has 0 aliphatic heterocycles. The van der Waals surface area contributed by atoms with E-state index in [2.05, 4.69) is 33.1 Å². The molecule has 2 N–H and O–H groups in total. The number of anilines is 1. The molecule has 2 heteroatoms. The summed E-state index contributed by atoms with van der Waals surface area (Å²) in [6.45, 7) is 9.36. The zero-order valence-corrected chi connectivity index (χ0v) is 10.3. The predicted molar refractivity (Wildman–Crippen MR) is 63.9 cm³/mol. The van der Waals surface area contributed by atoms with Crippen molar-refractivity contribution in [3.63, 3.8) is 0 Å². The molecule has 14 heavy (non-hydrogen) atoms. The van der Waals surface area contributed by atoms with Crippen molar-refractivity contribution in [2.24, 2.45) is 5.41 Å². The summed E-state index contributed by atoms with van der Waals surface area (Å²) in [5.74, 6) is 0. The Labute approximate surface area is 90.3 Å². The van der Waals surface area contributed by atoms with Crippen molar-refractivity contribution in [2.45, 2.75) is 46.0 Å². The van der Waals surface area contributed by atoms with E-state index in [0.29, 0.717) is 10.8 Å². The van der Waals surface area contributed by atoms with E-state index in [9.17, 15) is 0 Å². The minimum absolute atomic E-state index is 0.305. The fourth-order valence-electron chi connectivity index (χ4n) is 2.96. The summed E-state index contributed by atoms with van der Waals surface area (Å²) in [4.78, 5) is 1.51. The molecule has 0 bridgehead atoms. The number of fused-ring (bicyclic) bond motifs is 1. The molecular weight excluding hydrogens is 190 g/mol. The lowest BCUT2D eigenvalue weighted by Gasteiger charge is -2.40. The van der Waals surface area contributed by atoms with Gasteiger partial charge in [-0.05, 0) is 29.2 Å². The van der Waals surface area contributed by atoms with Crippen LogP contribution in [0.2, 0.25) is 0 Å². The summed E-state index contributed by atoms with van der Waals surface area (Å²) in [5, 5.41) is 2.10. The Morgan fingerprint density at radius 2 is 1.93 bits per heavy atom. The molecule has 0 aromatic carbocycles. The zero-order valence-electron chi connectivity index (χ0n) is 9.48. The van der Waals surface area contributed by atoms with E-state index in [4.69, 9.17) is 5.73 Å². The maximum atomic E-state index is 6.01. The Morgan fingerprint density at radius 3 is 2.57 bits per heavy atom. The first-order chi connectivity index (χ1) is 6.32. The van der Waals surface area contributed by atoms with Crippen LogP contribution in [-0.2, 0) is 11.8 Å². The second-order valence-electron chi connectivity index (χ2n) is 5.90. The van der Waals surface area contributed by atoms with Gasteiger partial charge in [0.15, 0.2) is 0 Å². The maximum absolute atomic E-state index is 6.01. The normalized spacial score (nSPS) is 23.1. The van der Waals surface area contributed by atoms with Crippen LogP contribution in [0, 0.1) is 5.41 Å². The molecule has 2 rings (SSSR count). The first-order valence-electron chi connectivity index (χ1n) is 5.18. The van der Waals surface area contributed by atoms with E-state index in [0.717, 1.165) is 12.1 Å². The standard InChI is InChI=1S/C12H19NS/c1-11(2)5-8-9(13)6-14-10(8)12(3,4)7-11/h6H,5,7,13H2,1-4H3. The van der Waals surface area contributed by atoms with Crippen LogP contribution in [-0.4, -0.2) is 0 Å². The molecule has 1 nitrogen and oxygen atoms in total. The van der Waals surface area contributed by atoms with Crippen molar-refractivity contribution in [1.29, 1.82) is 0 Å². The fraction of sp³-hybridized carbons (Fsp3) is 0.667. The van der Waals surface area contributed by atoms with E-state index in [1.54, 1.807) is 0 Å². The van der Waals surface area contributed by atoms with Crippen LogP contribution in [0.4, 0.5) is 5.69 Å². The van der Waals surface area contributed by atoms with Gasteiger partial charge in [-0.2, -0.15) is 0 Å². The molecule has 1 heterocycles. The highest BCUT2D eigenvalue weighted by Gasteiger charge is 2.39. The molecule has 0 saturated carbocycles. The van der Waals surface area contributed by atoms with Crippen LogP contribution in [0.3, 0.4) is 0 Å². The first kappa shape index (κ1) is 10.0. The summed E-state index contributed by atoms with van der Waals surface area (Å²) in [6.07, 6.45) is 2.40. The molecule has 1 aliphatic carbocycles. The largest absolute Gasteiger partial charge is 0.398 e. The van der Waals surface area contributed by atoms with Crippen molar-refractivity contribution < 1.29 is 0 Å². The fourth-order valence-corrected chi connectivity index (χ4v) is 4.07. The van der Waals surface area contributed by atoms with Gasteiger partial charge in [0.25, 0.3) is 0 Å². The lowest BCUT2D eigenvalue weighted by Crippen LogP contribution is -2.33. The Morgan fingerprint density at radius 1 is 1.29 bits per heavy atom. The van der Waals surface area contributed by atoms with E-state index in [-0.39, 0.29) is 0 Å². The quantitative estimate of drug-likeness (QED) is 0.694. The van der Waals surface area contributed by atoms with Crippen LogP contribution < -0.4 is 5.73 Å². The lowest BCUT2D eigenvalue weighted by molar-refractivity contribution is 0.236. The maximum Gasteiger partial charge on any atom is 0.0458 e. The third kappa shape index (κ3) is 1.46. The van der Waals surface area contributed by atoms with Crippen LogP contribution in [0.25, 0.3) is 0 Å². The van der Waals surface area contributed by atoms with Gasteiger partial charge < -0.3 is 5.73 Å². The van der Waals surface area contributed by atoms with Crippen molar-refractivity contribution in [2.75, 3.05) is 5.73 Å². The smallest absolute Gasteiger partial charge is 0.0458 e. The van der Waals surface area contributed by atoms with Crippen molar-refractivity contribution in [3.8, 4) is 0 Å². The highest BCUT2D eigenvalue weighted by Crippen LogP contribution is 2.49. The molecule has 0 atom stereocenters. The number of nitrogens with two attached hydrogens (primary N) is 1. The summed E-state index contributed by atoms with van der Waals surface area (Å²) in [5.41, 5.74) is 9.13. The number of hydrogen-bond acceptors (Lipinski definition) is 2. The van der Waals surface area contributed by atoms with E-state index >= 15 is 0 Å². The third-order valence-corrected chi connectivity index (χ3v) is 4.52. The second-order valence-corrected chi connectivity index (χ2v) is 6.78. The number of nitrogen functional groups attached to an aromatic ring is 1. The highest BCUT2D eigenvalue weighted by atomic mass is 32.1. The second kappa shape index (κ2) is 2.75. The summed E-state index contributed by atoms with van der Waals surface area (Å²) in [6, 6.07) is 0. The monoisotopic (exact) mass is 209 g/mol. The number of hydrogen-bond donors (Lipinski definition) is 1. The van der Waals surface area contributed by atoms with E-state index in [1.807, 2.05) is 11.3 Å². The SMILES string of the molecule is CC1(C)Cc2c(N)csc2C(C)(C)C1. The van der Waals surface area contributed by atoms with E-state index in [1.165, 1.54) is 16.9 Å². The van der Waals surface area contributed by atoms with Crippen LogP contribution in [0.5, 0.6) is 0 Å². The average molecular weight is 209 g/mol. The summed E-state index contributed by atoms with van der Waals surface area (Å²) in [7, 11) is 0. The molecule has 0 unspecified atom stereocenters. The minimum Gasteiger partial charge on any atom is -0.398 e. The molecule has 1 aliphatic rings. The number of thiophene rings is 1. The van der Waals surface area contributed by atoms with Gasteiger partial charge in [-0.25, -0.2) is 0 Å². The molecule has 0 saturated heterocycles. The van der Waals surface area contributed by atoms with Crippen LogP contribution in [0.15, 0.2) is 5.38 Å². The topological polar surface area (TPSA) is 26.0 Å². The highest BCUT2D eigenvalue weighted by molar-refractivity contribution is 7.10. The van der Waals surface area contributed by atoms with Gasteiger partial charge in [-0.3, -0.25) is 0 Å². The summed E-state index contributed by atoms with van der Waals surface area (Å²) < 4.78 is 0. The van der Waals surface area contributed by atoms with Crippen molar-refractivity contribution in [3.05, 3.63) is 15.8 Å². The Hall–Kier alpha value is -0.500. The third-order valence-electron chi connectivity index (χ3n) is 3.12. The minimum atomic E-state index is 0.305. The molecule has 0 spiro atoms. The molecular formula is C12H19NS.